The van der Waals surface area contributed by atoms with Crippen molar-refractivity contribution >= 4 is 29.1 Å². The Morgan fingerprint density at radius 1 is 0.735 bits per heavy atom. The molecule has 176 valence electrons. The Kier molecular flexibility index (Phi) is 11.8. The summed E-state index contributed by atoms with van der Waals surface area (Å²) >= 11 is 5.53. The van der Waals surface area contributed by atoms with Gasteiger partial charge in [-0.25, -0.2) is 4.79 Å². The van der Waals surface area contributed by atoms with E-state index in [0.717, 1.165) is 22.5 Å². The van der Waals surface area contributed by atoms with Crippen molar-refractivity contribution in [1.82, 2.24) is 0 Å². The molecular weight excluding hydrogens is 444 g/mol. The lowest BCUT2D eigenvalue weighted by atomic mass is 10.2. The smallest absolute Gasteiger partial charge is 0.411 e. The maximum absolute atomic E-state index is 11.5. The second-order valence-corrected chi connectivity index (χ2v) is 7.85. The highest BCUT2D eigenvalue weighted by atomic mass is 35.5. The number of hydrogen-bond acceptors (Lipinski definition) is 3. The first-order valence-electron chi connectivity index (χ1n) is 10.9. The molecule has 0 radical (unpaired) electrons. The van der Waals surface area contributed by atoms with Crippen LogP contribution < -0.4 is 11.1 Å². The van der Waals surface area contributed by atoms with Gasteiger partial charge < -0.3 is 10.5 Å². The number of carbonyl (C=O) groups is 1. The van der Waals surface area contributed by atoms with Crippen molar-refractivity contribution < 1.29 is 9.53 Å². The average Bonchev–Trinajstić information content (AvgIpc) is 2.88. The summed E-state index contributed by atoms with van der Waals surface area (Å²) in [5.74, 6) is 0.612. The lowest BCUT2D eigenvalue weighted by molar-refractivity contribution is 0.155. The highest BCUT2D eigenvalue weighted by Gasteiger charge is 2.03. The van der Waals surface area contributed by atoms with E-state index in [1.54, 1.807) is 0 Å². The number of amides is 1. The van der Waals surface area contributed by atoms with Crippen LogP contribution in [0.5, 0.6) is 0 Å². The lowest BCUT2D eigenvalue weighted by Gasteiger charge is -2.07. The number of nitrogens with one attached hydrogen (secondary N) is 1. The molecule has 0 aromatic heterocycles. The molecule has 0 spiro atoms. The summed E-state index contributed by atoms with van der Waals surface area (Å²) in [5.41, 5.74) is 11.5. The first-order valence-corrected chi connectivity index (χ1v) is 11.5. The van der Waals surface area contributed by atoms with Crippen LogP contribution in [0, 0.1) is 13.8 Å². The normalized spacial score (nSPS) is 9.50. The van der Waals surface area contributed by atoms with Crippen molar-refractivity contribution in [3.05, 3.63) is 131 Å². The van der Waals surface area contributed by atoms with Gasteiger partial charge in [-0.15, -0.1) is 11.6 Å². The fraction of sp³-hybridized carbons (Fsp3) is 0.138. The molecule has 0 aliphatic carbocycles. The van der Waals surface area contributed by atoms with Crippen LogP contribution in [0.2, 0.25) is 0 Å². The van der Waals surface area contributed by atoms with Crippen LogP contribution in [-0.2, 0) is 17.2 Å². The van der Waals surface area contributed by atoms with Gasteiger partial charge in [0.05, 0.1) is 0 Å². The number of rotatable bonds is 4. The van der Waals surface area contributed by atoms with Gasteiger partial charge in [0.15, 0.2) is 0 Å². The Balaban J connectivity index is 0.000000210. The van der Waals surface area contributed by atoms with Crippen LogP contribution in [-0.4, -0.2) is 6.09 Å². The van der Waals surface area contributed by atoms with Gasteiger partial charge in [0, 0.05) is 17.3 Å². The Labute approximate surface area is 207 Å². The minimum absolute atomic E-state index is 0.276. The monoisotopic (exact) mass is 474 g/mol. The summed E-state index contributed by atoms with van der Waals surface area (Å²) in [4.78, 5) is 11.5. The molecule has 0 aliphatic rings. The fourth-order valence-electron chi connectivity index (χ4n) is 2.65. The summed E-state index contributed by atoms with van der Waals surface area (Å²) in [7, 11) is 0. The second-order valence-electron chi connectivity index (χ2n) is 7.58. The maximum Gasteiger partial charge on any atom is 0.411 e. The zero-order valence-electron chi connectivity index (χ0n) is 19.6. The number of anilines is 2. The van der Waals surface area contributed by atoms with Gasteiger partial charge in [0.2, 0.25) is 0 Å². The summed E-state index contributed by atoms with van der Waals surface area (Å²) in [6.45, 7) is 4.31. The van der Waals surface area contributed by atoms with Crippen LogP contribution in [0.1, 0.15) is 22.3 Å². The number of aryl methyl sites for hydroxylation is 2. The summed E-state index contributed by atoms with van der Waals surface area (Å²) in [6, 6.07) is 34.9. The summed E-state index contributed by atoms with van der Waals surface area (Å²) in [6.07, 6.45) is -0.442. The molecule has 4 rings (SSSR count). The largest absolute Gasteiger partial charge is 0.444 e. The number of hydrogen-bond donors (Lipinski definition) is 2. The predicted molar refractivity (Wildman–Crippen MR) is 143 cm³/mol. The summed E-state index contributed by atoms with van der Waals surface area (Å²) in [5, 5.41) is 2.68. The van der Waals surface area contributed by atoms with Crippen LogP contribution in [0.3, 0.4) is 0 Å². The molecule has 0 aliphatic heterocycles. The van der Waals surface area contributed by atoms with E-state index in [0.29, 0.717) is 5.88 Å². The van der Waals surface area contributed by atoms with Crippen LogP contribution in [0.15, 0.2) is 109 Å². The Morgan fingerprint density at radius 3 is 1.65 bits per heavy atom. The molecular formula is C29H31ClN2O2. The van der Waals surface area contributed by atoms with Gasteiger partial charge in [-0.05, 0) is 49.2 Å². The SMILES string of the molecule is Cc1ccc(N)cc1.Cc1ccc(NC(=O)OCc2ccccc2)cc1.ClCc1ccccc1. The zero-order valence-corrected chi connectivity index (χ0v) is 20.3. The fourth-order valence-corrected chi connectivity index (χ4v) is 2.83. The number of alkyl halides is 1. The third-order valence-electron chi connectivity index (χ3n) is 4.59. The van der Waals surface area contributed by atoms with Crippen molar-refractivity contribution in [1.29, 1.82) is 0 Å². The standard InChI is InChI=1S/C15H15NO2.C7H7Cl.C7H9N/c1-12-7-9-14(10-8-12)16-15(17)18-11-13-5-3-2-4-6-13;8-6-7-4-2-1-3-5-7;1-6-2-4-7(8)5-3-6/h2-10H,11H2,1H3,(H,16,17);1-5H,6H2;2-5H,8H2,1H3. The Morgan fingerprint density at radius 2 is 1.21 bits per heavy atom. The molecule has 0 unspecified atom stereocenters. The van der Waals surface area contributed by atoms with Crippen molar-refractivity contribution in [2.24, 2.45) is 0 Å². The van der Waals surface area contributed by atoms with Crippen molar-refractivity contribution in [3.8, 4) is 0 Å². The molecule has 0 fully saturated rings. The Bertz CT molecular complexity index is 1060. The average molecular weight is 475 g/mol. The van der Waals surface area contributed by atoms with Gasteiger partial charge in [0.1, 0.15) is 6.61 Å². The Hall–Kier alpha value is -3.76. The molecule has 0 heterocycles. The van der Waals surface area contributed by atoms with Gasteiger partial charge >= 0.3 is 6.09 Å². The van der Waals surface area contributed by atoms with Gasteiger partial charge in [-0.1, -0.05) is 96.1 Å². The van der Waals surface area contributed by atoms with Crippen LogP contribution in [0.25, 0.3) is 0 Å². The van der Waals surface area contributed by atoms with E-state index >= 15 is 0 Å². The first kappa shape index (κ1) is 26.5. The van der Waals surface area contributed by atoms with E-state index in [4.69, 9.17) is 22.1 Å². The van der Waals surface area contributed by atoms with E-state index in [1.807, 2.05) is 123 Å². The first-order chi connectivity index (χ1) is 16.5. The quantitative estimate of drug-likeness (QED) is 0.235. The van der Waals surface area contributed by atoms with Crippen molar-refractivity contribution in [2.75, 3.05) is 11.1 Å². The van der Waals surface area contributed by atoms with E-state index in [1.165, 1.54) is 11.1 Å². The minimum Gasteiger partial charge on any atom is -0.444 e. The van der Waals surface area contributed by atoms with E-state index in [-0.39, 0.29) is 6.61 Å². The molecule has 4 aromatic rings. The minimum atomic E-state index is -0.442. The molecule has 0 atom stereocenters. The van der Waals surface area contributed by atoms with E-state index in [2.05, 4.69) is 5.32 Å². The summed E-state index contributed by atoms with van der Waals surface area (Å²) < 4.78 is 5.11. The number of carbonyl (C=O) groups excluding carboxylic acids is 1. The number of nitrogens with two attached hydrogens (primary N) is 1. The van der Waals surface area contributed by atoms with Crippen LogP contribution in [0.4, 0.5) is 16.2 Å². The molecule has 0 saturated carbocycles. The molecule has 1 amide bonds. The number of nitrogen functional groups attached to an aromatic ring is 1. The molecule has 34 heavy (non-hydrogen) atoms. The van der Waals surface area contributed by atoms with Gasteiger partial charge in [0.25, 0.3) is 0 Å². The maximum atomic E-state index is 11.5. The zero-order chi connectivity index (χ0) is 24.6. The van der Waals surface area contributed by atoms with Crippen molar-refractivity contribution in [3.63, 3.8) is 0 Å². The van der Waals surface area contributed by atoms with Gasteiger partial charge in [-0.3, -0.25) is 5.32 Å². The molecule has 4 aromatic carbocycles. The number of benzene rings is 4. The highest BCUT2D eigenvalue weighted by Crippen LogP contribution is 2.09. The third kappa shape index (κ3) is 11.2. The number of ether oxygens (including phenoxy) is 1. The molecule has 5 heteroatoms. The highest BCUT2D eigenvalue weighted by molar-refractivity contribution is 6.17. The van der Waals surface area contributed by atoms with Crippen LogP contribution >= 0.6 is 11.6 Å². The molecule has 3 N–H and O–H groups in total. The predicted octanol–water partition coefficient (Wildman–Crippen LogP) is 7.75. The molecule has 4 nitrogen and oxygen atoms in total. The molecule has 0 bridgehead atoms. The second kappa shape index (κ2) is 15.1. The molecule has 0 saturated heterocycles. The number of halogens is 1. The van der Waals surface area contributed by atoms with E-state index in [9.17, 15) is 4.79 Å². The third-order valence-corrected chi connectivity index (χ3v) is 4.89. The topological polar surface area (TPSA) is 64.3 Å². The van der Waals surface area contributed by atoms with Crippen molar-refractivity contribution in [2.45, 2.75) is 26.3 Å². The lowest BCUT2D eigenvalue weighted by Crippen LogP contribution is -2.13. The van der Waals surface area contributed by atoms with Gasteiger partial charge in [-0.2, -0.15) is 0 Å². The van der Waals surface area contributed by atoms with E-state index < -0.39 is 6.09 Å².